The van der Waals surface area contributed by atoms with Crippen LogP contribution in [0.25, 0.3) is 0 Å². The number of nitrogens with one attached hydrogen (secondary N) is 1. The highest BCUT2D eigenvalue weighted by atomic mass is 32.2. The van der Waals surface area contributed by atoms with Crippen LogP contribution in [0.1, 0.15) is 0 Å². The van der Waals surface area contributed by atoms with Gasteiger partial charge in [-0.25, -0.2) is 0 Å². The molecule has 0 fully saturated rings. The van der Waals surface area contributed by atoms with Gasteiger partial charge in [0, 0.05) is 10.6 Å². The van der Waals surface area contributed by atoms with Crippen LogP contribution in [0.2, 0.25) is 0 Å². The molecule has 21 heavy (non-hydrogen) atoms. The van der Waals surface area contributed by atoms with Crippen molar-refractivity contribution in [2.45, 2.75) is 15.9 Å². The lowest BCUT2D eigenvalue weighted by Gasteiger charge is -2.11. The van der Waals surface area contributed by atoms with Gasteiger partial charge >= 0.3 is 21.0 Å². The molecule has 120 valence electrons. The van der Waals surface area contributed by atoms with E-state index in [1.807, 2.05) is 0 Å². The number of halogens is 6. The highest BCUT2D eigenvalue weighted by Crippen LogP contribution is 2.35. The summed E-state index contributed by atoms with van der Waals surface area (Å²) >= 11 is 0.572. The maximum absolute atomic E-state index is 12.1. The Morgan fingerprint density at radius 3 is 1.95 bits per heavy atom. The zero-order valence-corrected chi connectivity index (χ0v) is 12.3. The van der Waals surface area contributed by atoms with Gasteiger partial charge in [0.15, 0.2) is 0 Å². The lowest BCUT2D eigenvalue weighted by molar-refractivity contribution is -0.0429. The van der Waals surface area contributed by atoms with Gasteiger partial charge in [-0.05, 0) is 36.0 Å². The molecule has 1 rings (SSSR count). The van der Waals surface area contributed by atoms with Gasteiger partial charge in [-0.2, -0.15) is 34.8 Å². The fourth-order valence-electron chi connectivity index (χ4n) is 0.997. The first-order chi connectivity index (χ1) is 9.41. The molecule has 0 aromatic heterocycles. The first-order valence-electron chi connectivity index (χ1n) is 4.93. The summed E-state index contributed by atoms with van der Waals surface area (Å²) in [5.74, 6) is 0. The van der Waals surface area contributed by atoms with E-state index < -0.39 is 21.0 Å². The van der Waals surface area contributed by atoms with Crippen LogP contribution in [0.3, 0.4) is 0 Å². The third-order valence-electron chi connectivity index (χ3n) is 1.86. The standard InChI is InChI=1S/C9H7F6NO2S3/c10-8(11,12)20-5-19-7-3-1-6(2-4-7)16-21(17,18)9(13,14)15/h1-4,16H,5H2. The fraction of sp³-hybridized carbons (Fsp3) is 0.333. The minimum Gasteiger partial charge on any atom is -0.276 e. The maximum Gasteiger partial charge on any atom is 0.516 e. The third kappa shape index (κ3) is 6.26. The largest absolute Gasteiger partial charge is 0.516 e. The first kappa shape index (κ1) is 18.3. The monoisotopic (exact) mass is 371 g/mol. The van der Waals surface area contributed by atoms with Crippen molar-refractivity contribution in [1.82, 2.24) is 0 Å². The Morgan fingerprint density at radius 2 is 1.52 bits per heavy atom. The van der Waals surface area contributed by atoms with Crippen molar-refractivity contribution in [2.24, 2.45) is 0 Å². The molecule has 0 saturated carbocycles. The van der Waals surface area contributed by atoms with E-state index in [1.54, 1.807) is 0 Å². The lowest BCUT2D eigenvalue weighted by atomic mass is 10.3. The predicted molar refractivity (Wildman–Crippen MR) is 69.4 cm³/mol. The first-order valence-corrected chi connectivity index (χ1v) is 8.39. The van der Waals surface area contributed by atoms with Crippen molar-refractivity contribution >= 4 is 39.2 Å². The molecule has 12 heteroatoms. The van der Waals surface area contributed by atoms with Crippen molar-refractivity contribution in [3.05, 3.63) is 24.3 Å². The molecule has 0 aliphatic heterocycles. The summed E-state index contributed by atoms with van der Waals surface area (Å²) in [6, 6.07) is 4.50. The van der Waals surface area contributed by atoms with Gasteiger partial charge in [-0.3, -0.25) is 4.72 Å². The zero-order valence-electron chi connectivity index (χ0n) is 9.83. The Balaban J connectivity index is 2.63. The number of thioether (sulfide) groups is 2. The van der Waals surface area contributed by atoms with Crippen molar-refractivity contribution in [2.75, 3.05) is 9.81 Å². The summed E-state index contributed by atoms with van der Waals surface area (Å²) in [5.41, 5.74) is -10.1. The van der Waals surface area contributed by atoms with Crippen LogP contribution in [-0.2, 0) is 10.0 Å². The van der Waals surface area contributed by atoms with Crippen molar-refractivity contribution < 1.29 is 34.8 Å². The Labute approximate surface area is 124 Å². The number of hydrogen-bond donors (Lipinski definition) is 1. The van der Waals surface area contributed by atoms with Gasteiger partial charge < -0.3 is 0 Å². The number of anilines is 1. The summed E-state index contributed by atoms with van der Waals surface area (Å²) < 4.78 is 95.0. The number of hydrogen-bond acceptors (Lipinski definition) is 4. The summed E-state index contributed by atoms with van der Waals surface area (Å²) in [6.07, 6.45) is 0. The van der Waals surface area contributed by atoms with E-state index >= 15 is 0 Å². The molecule has 1 N–H and O–H groups in total. The molecule has 0 aliphatic carbocycles. The summed E-state index contributed by atoms with van der Waals surface area (Å²) in [6.45, 7) is 0. The second kappa shape index (κ2) is 6.57. The van der Waals surface area contributed by atoms with Crippen LogP contribution < -0.4 is 4.72 Å². The molecule has 1 aromatic rings. The predicted octanol–water partition coefficient (Wildman–Crippen LogP) is 4.25. The summed E-state index contributed by atoms with van der Waals surface area (Å²) in [7, 11) is -5.51. The molecule has 0 saturated heterocycles. The minimum absolute atomic E-state index is 0.251. The molecule has 0 bridgehead atoms. The van der Waals surface area contributed by atoms with E-state index in [0.29, 0.717) is 4.90 Å². The number of benzene rings is 1. The van der Waals surface area contributed by atoms with Crippen LogP contribution in [-0.4, -0.2) is 24.5 Å². The van der Waals surface area contributed by atoms with Gasteiger partial charge in [0.05, 0.1) is 5.08 Å². The van der Waals surface area contributed by atoms with E-state index in [9.17, 15) is 34.8 Å². The number of rotatable bonds is 5. The average molecular weight is 371 g/mol. The molecule has 0 amide bonds. The molecular weight excluding hydrogens is 364 g/mol. The highest BCUT2D eigenvalue weighted by Gasteiger charge is 2.46. The topological polar surface area (TPSA) is 46.2 Å². The van der Waals surface area contributed by atoms with Gasteiger partial charge in [0.2, 0.25) is 0 Å². The van der Waals surface area contributed by atoms with E-state index in [2.05, 4.69) is 0 Å². The summed E-state index contributed by atoms with van der Waals surface area (Å²) in [5, 5.41) is -0.322. The fourth-order valence-corrected chi connectivity index (χ4v) is 3.20. The Hall–Kier alpha value is -0.750. The molecular formula is C9H7F6NO2S3. The lowest BCUT2D eigenvalue weighted by Crippen LogP contribution is -2.29. The van der Waals surface area contributed by atoms with Gasteiger partial charge in [0.25, 0.3) is 0 Å². The van der Waals surface area contributed by atoms with Crippen molar-refractivity contribution in [1.29, 1.82) is 0 Å². The van der Waals surface area contributed by atoms with Crippen LogP contribution in [0, 0.1) is 0 Å². The van der Waals surface area contributed by atoms with Gasteiger partial charge in [0.1, 0.15) is 0 Å². The summed E-state index contributed by atoms with van der Waals surface area (Å²) in [4.78, 5) is 0.363. The minimum atomic E-state index is -5.51. The molecule has 3 nitrogen and oxygen atoms in total. The van der Waals surface area contributed by atoms with Crippen LogP contribution in [0.5, 0.6) is 0 Å². The quantitative estimate of drug-likeness (QED) is 0.478. The molecule has 1 aromatic carbocycles. The molecule has 0 unspecified atom stereocenters. The van der Waals surface area contributed by atoms with Gasteiger partial charge in [-0.15, -0.1) is 11.8 Å². The van der Waals surface area contributed by atoms with Crippen LogP contribution in [0.4, 0.5) is 32.0 Å². The van der Waals surface area contributed by atoms with Crippen molar-refractivity contribution in [3.8, 4) is 0 Å². The smallest absolute Gasteiger partial charge is 0.276 e. The molecule has 0 heterocycles. The molecule has 0 radical (unpaired) electrons. The van der Waals surface area contributed by atoms with E-state index in [0.717, 1.165) is 23.9 Å². The van der Waals surface area contributed by atoms with Gasteiger partial charge in [-0.1, -0.05) is 0 Å². The van der Waals surface area contributed by atoms with Crippen molar-refractivity contribution in [3.63, 3.8) is 0 Å². The highest BCUT2D eigenvalue weighted by molar-refractivity contribution is 8.16. The Bertz CT molecular complexity index is 567. The van der Waals surface area contributed by atoms with E-state index in [1.165, 1.54) is 16.9 Å². The molecule has 0 atom stereocenters. The third-order valence-corrected chi connectivity index (χ3v) is 4.85. The van der Waals surface area contributed by atoms with Crippen LogP contribution in [0.15, 0.2) is 29.2 Å². The zero-order chi connectivity index (χ0) is 16.3. The SMILES string of the molecule is O=S(=O)(Nc1ccc(SCSC(F)(F)F)cc1)C(F)(F)F. The number of alkyl halides is 6. The Morgan fingerprint density at radius 1 is 1.00 bits per heavy atom. The Kier molecular flexibility index (Phi) is 5.72. The molecule has 0 aliphatic rings. The maximum atomic E-state index is 12.1. The normalized spacial score (nSPS) is 13.2. The van der Waals surface area contributed by atoms with E-state index in [-0.39, 0.29) is 22.5 Å². The molecule has 0 spiro atoms. The van der Waals surface area contributed by atoms with E-state index in [4.69, 9.17) is 0 Å². The second-order valence-electron chi connectivity index (χ2n) is 3.43. The van der Waals surface area contributed by atoms with Crippen LogP contribution >= 0.6 is 23.5 Å². The average Bonchev–Trinajstić information content (AvgIpc) is 2.28. The second-order valence-corrected chi connectivity index (χ2v) is 7.56. The number of sulfonamides is 1.